The Hall–Kier alpha value is -2.74. The maximum absolute atomic E-state index is 13.0. The lowest BCUT2D eigenvalue weighted by Crippen LogP contribution is -2.42. The molecule has 0 spiro atoms. The summed E-state index contributed by atoms with van der Waals surface area (Å²) in [6.45, 7) is 1.75. The van der Waals surface area contributed by atoms with Crippen molar-refractivity contribution >= 4 is 21.7 Å². The van der Waals surface area contributed by atoms with E-state index in [4.69, 9.17) is 0 Å². The zero-order chi connectivity index (χ0) is 18.3. The van der Waals surface area contributed by atoms with Crippen LogP contribution in [0.5, 0.6) is 0 Å². The summed E-state index contributed by atoms with van der Waals surface area (Å²) in [6.07, 6.45) is 2.96. The number of hydrogen-bond acceptors (Lipinski definition) is 5. The molecule has 25 heavy (non-hydrogen) atoms. The third-order valence-electron chi connectivity index (χ3n) is 3.49. The molecule has 0 radical (unpaired) electrons. The highest BCUT2D eigenvalue weighted by Gasteiger charge is 2.30. The lowest BCUT2D eigenvalue weighted by Gasteiger charge is -2.18. The summed E-state index contributed by atoms with van der Waals surface area (Å²) in [7, 11) is -3.77. The predicted octanol–water partition coefficient (Wildman–Crippen LogP) is 0.849. The normalized spacial score (nSPS) is 12.2. The summed E-state index contributed by atoms with van der Waals surface area (Å²) in [5.74, 6) is -1.68. The fraction of sp³-hybridized carbons (Fsp3) is 0.235. The number of pyridine rings is 1. The van der Waals surface area contributed by atoms with Crippen molar-refractivity contribution in [3.05, 3.63) is 60.4 Å². The van der Waals surface area contributed by atoms with Gasteiger partial charge in [0.15, 0.2) is 9.84 Å². The van der Waals surface area contributed by atoms with Gasteiger partial charge in [-0.2, -0.15) is 0 Å². The number of carbonyl (C=O) groups is 2. The van der Waals surface area contributed by atoms with Crippen LogP contribution in [0.3, 0.4) is 0 Å². The van der Waals surface area contributed by atoms with Crippen LogP contribution >= 0.6 is 0 Å². The van der Waals surface area contributed by atoms with Gasteiger partial charge >= 0.3 is 11.8 Å². The first-order valence-corrected chi connectivity index (χ1v) is 9.26. The molecule has 132 valence electrons. The highest BCUT2D eigenvalue weighted by molar-refractivity contribution is 7.91. The van der Waals surface area contributed by atoms with E-state index in [1.165, 1.54) is 24.5 Å². The van der Waals surface area contributed by atoms with Gasteiger partial charge in [0, 0.05) is 25.5 Å². The van der Waals surface area contributed by atoms with Crippen molar-refractivity contribution in [3.63, 3.8) is 0 Å². The van der Waals surface area contributed by atoms with E-state index >= 15 is 0 Å². The average Bonchev–Trinajstić information content (AvgIpc) is 2.63. The van der Waals surface area contributed by atoms with Gasteiger partial charge in [-0.05, 0) is 30.7 Å². The van der Waals surface area contributed by atoms with Crippen molar-refractivity contribution in [1.29, 1.82) is 0 Å². The summed E-state index contributed by atoms with van der Waals surface area (Å²) in [5.41, 5.74) is 0.433. The van der Waals surface area contributed by atoms with Crippen molar-refractivity contribution in [2.45, 2.75) is 17.1 Å². The minimum absolute atomic E-state index is 0.135. The summed E-state index contributed by atoms with van der Waals surface area (Å²) in [4.78, 5) is 27.4. The smallest absolute Gasteiger partial charge is 0.309 e. The predicted molar refractivity (Wildman–Crippen MR) is 92.3 cm³/mol. The van der Waals surface area contributed by atoms with E-state index in [1.54, 1.807) is 37.3 Å². The van der Waals surface area contributed by atoms with E-state index in [-0.39, 0.29) is 11.4 Å². The summed E-state index contributed by atoms with van der Waals surface area (Å²) >= 11 is 0. The molecule has 2 aromatic rings. The van der Waals surface area contributed by atoms with Crippen LogP contribution in [-0.4, -0.2) is 38.3 Å². The average molecular weight is 361 g/mol. The third kappa shape index (κ3) is 4.63. The summed E-state index contributed by atoms with van der Waals surface area (Å²) in [5, 5.41) is 3.70. The van der Waals surface area contributed by atoms with Crippen molar-refractivity contribution in [1.82, 2.24) is 15.6 Å². The molecule has 2 rings (SSSR count). The van der Waals surface area contributed by atoms with Gasteiger partial charge in [0.05, 0.1) is 4.90 Å². The number of carbonyl (C=O) groups excluding carboxylic acids is 2. The number of amides is 2. The van der Waals surface area contributed by atoms with Crippen LogP contribution in [0.4, 0.5) is 0 Å². The number of rotatable bonds is 6. The molecule has 0 saturated carbocycles. The SMILES string of the molecule is CCNC(=O)C(=O)NC[C@H](c1cccnc1)S(=O)(=O)c1ccccc1. The fourth-order valence-electron chi connectivity index (χ4n) is 2.25. The highest BCUT2D eigenvalue weighted by atomic mass is 32.2. The van der Waals surface area contributed by atoms with Crippen molar-refractivity contribution in [2.75, 3.05) is 13.1 Å². The molecule has 7 nitrogen and oxygen atoms in total. The Labute approximate surface area is 146 Å². The zero-order valence-electron chi connectivity index (χ0n) is 13.7. The first kappa shape index (κ1) is 18.6. The van der Waals surface area contributed by atoms with Crippen molar-refractivity contribution in [2.24, 2.45) is 0 Å². The van der Waals surface area contributed by atoms with Crippen LogP contribution in [-0.2, 0) is 19.4 Å². The van der Waals surface area contributed by atoms with E-state index in [0.29, 0.717) is 12.1 Å². The second kappa shape index (κ2) is 8.39. The minimum Gasteiger partial charge on any atom is -0.348 e. The molecule has 0 bridgehead atoms. The topological polar surface area (TPSA) is 105 Å². The molecule has 0 unspecified atom stereocenters. The Balaban J connectivity index is 2.29. The van der Waals surface area contributed by atoms with Crippen molar-refractivity contribution in [3.8, 4) is 0 Å². The van der Waals surface area contributed by atoms with Crippen LogP contribution in [0, 0.1) is 0 Å². The van der Waals surface area contributed by atoms with Gasteiger partial charge in [-0.3, -0.25) is 14.6 Å². The largest absolute Gasteiger partial charge is 0.348 e. The number of sulfone groups is 1. The monoisotopic (exact) mass is 361 g/mol. The van der Waals surface area contributed by atoms with Crippen LogP contribution in [0.15, 0.2) is 59.8 Å². The number of benzene rings is 1. The highest BCUT2D eigenvalue weighted by Crippen LogP contribution is 2.27. The molecule has 0 saturated heterocycles. The Morgan fingerprint density at radius 1 is 1.04 bits per heavy atom. The second-order valence-corrected chi connectivity index (χ2v) is 7.33. The van der Waals surface area contributed by atoms with Gasteiger partial charge in [-0.15, -0.1) is 0 Å². The zero-order valence-corrected chi connectivity index (χ0v) is 14.5. The lowest BCUT2D eigenvalue weighted by atomic mass is 10.2. The molecular formula is C17H19N3O4S. The number of aromatic nitrogens is 1. The van der Waals surface area contributed by atoms with E-state index in [2.05, 4.69) is 15.6 Å². The molecule has 2 N–H and O–H groups in total. The van der Waals surface area contributed by atoms with Crippen molar-refractivity contribution < 1.29 is 18.0 Å². The molecule has 0 aliphatic carbocycles. The van der Waals surface area contributed by atoms with E-state index in [0.717, 1.165) is 0 Å². The lowest BCUT2D eigenvalue weighted by molar-refractivity contribution is -0.139. The van der Waals surface area contributed by atoms with Gasteiger partial charge in [0.2, 0.25) is 0 Å². The van der Waals surface area contributed by atoms with Gasteiger partial charge in [0.1, 0.15) is 5.25 Å². The number of hydrogen-bond donors (Lipinski definition) is 2. The summed E-state index contributed by atoms with van der Waals surface area (Å²) < 4.78 is 25.9. The molecule has 8 heteroatoms. The van der Waals surface area contributed by atoms with Crippen LogP contribution in [0.1, 0.15) is 17.7 Å². The Morgan fingerprint density at radius 2 is 1.72 bits per heavy atom. The molecule has 1 aromatic carbocycles. The standard InChI is InChI=1S/C17H19N3O4S/c1-2-19-16(21)17(22)20-12-15(13-7-6-10-18-11-13)25(23,24)14-8-4-3-5-9-14/h3-11,15H,2,12H2,1H3,(H,19,21)(H,20,22)/t15-/m1/s1. The third-order valence-corrected chi connectivity index (χ3v) is 5.61. The molecule has 2 amide bonds. The quantitative estimate of drug-likeness (QED) is 0.742. The maximum Gasteiger partial charge on any atom is 0.309 e. The van der Waals surface area contributed by atoms with Gasteiger partial charge in [-0.1, -0.05) is 24.3 Å². The number of nitrogens with one attached hydrogen (secondary N) is 2. The molecular weight excluding hydrogens is 342 g/mol. The molecule has 0 aliphatic heterocycles. The Bertz CT molecular complexity index is 823. The van der Waals surface area contributed by atoms with Gasteiger partial charge in [0.25, 0.3) is 0 Å². The molecule has 1 aromatic heterocycles. The summed E-state index contributed by atoms with van der Waals surface area (Å²) in [6, 6.07) is 11.2. The number of likely N-dealkylation sites (N-methyl/N-ethyl adjacent to an activating group) is 1. The van der Waals surface area contributed by atoms with Gasteiger partial charge < -0.3 is 10.6 Å². The van der Waals surface area contributed by atoms with Gasteiger partial charge in [-0.25, -0.2) is 8.42 Å². The Morgan fingerprint density at radius 3 is 2.32 bits per heavy atom. The maximum atomic E-state index is 13.0. The minimum atomic E-state index is -3.77. The van der Waals surface area contributed by atoms with Crippen LogP contribution in [0.2, 0.25) is 0 Å². The van der Waals surface area contributed by atoms with Crippen LogP contribution < -0.4 is 10.6 Å². The second-order valence-electron chi connectivity index (χ2n) is 5.20. The number of nitrogens with zero attached hydrogens (tertiary/aromatic N) is 1. The Kier molecular flexibility index (Phi) is 6.24. The van der Waals surface area contributed by atoms with Crippen LogP contribution in [0.25, 0.3) is 0 Å². The molecule has 0 aliphatic rings. The van der Waals surface area contributed by atoms with E-state index in [9.17, 15) is 18.0 Å². The van der Waals surface area contributed by atoms with E-state index in [1.807, 2.05) is 0 Å². The first-order chi connectivity index (χ1) is 12.0. The fourth-order valence-corrected chi connectivity index (χ4v) is 3.92. The first-order valence-electron chi connectivity index (χ1n) is 7.71. The molecule has 1 atom stereocenters. The van der Waals surface area contributed by atoms with E-state index < -0.39 is 26.9 Å². The molecule has 1 heterocycles. The molecule has 0 fully saturated rings.